The van der Waals surface area contributed by atoms with Gasteiger partial charge in [0.15, 0.2) is 9.84 Å². The van der Waals surface area contributed by atoms with Gasteiger partial charge in [-0.15, -0.1) is 0 Å². The summed E-state index contributed by atoms with van der Waals surface area (Å²) in [6.45, 7) is 0.107. The van der Waals surface area contributed by atoms with Crippen molar-refractivity contribution in [1.29, 1.82) is 0 Å². The summed E-state index contributed by atoms with van der Waals surface area (Å²) in [5.41, 5.74) is 0. The van der Waals surface area contributed by atoms with Crippen molar-refractivity contribution in [3.8, 4) is 0 Å². The van der Waals surface area contributed by atoms with E-state index in [0.29, 0.717) is 6.42 Å². The van der Waals surface area contributed by atoms with Crippen LogP contribution in [0.15, 0.2) is 12.2 Å². The molecule has 6 nitrogen and oxygen atoms in total. The van der Waals surface area contributed by atoms with Crippen LogP contribution >= 0.6 is 0 Å². The number of carboxylic acid groups (broad SMARTS) is 1. The summed E-state index contributed by atoms with van der Waals surface area (Å²) in [6, 6.07) is -0.732. The van der Waals surface area contributed by atoms with Crippen molar-refractivity contribution in [3.05, 3.63) is 12.2 Å². The summed E-state index contributed by atoms with van der Waals surface area (Å²) < 4.78 is 23.2. The lowest BCUT2D eigenvalue weighted by Gasteiger charge is -2.35. The molecule has 2 atom stereocenters. The van der Waals surface area contributed by atoms with Crippen LogP contribution < -0.4 is 0 Å². The number of carbonyl (C=O) groups excluding carboxylic acids is 1. The number of nitrogens with zero attached hydrogens (tertiary/aromatic N) is 1. The molecule has 0 saturated carbocycles. The highest BCUT2D eigenvalue weighted by molar-refractivity contribution is 7.91. The Labute approximate surface area is 118 Å². The summed E-state index contributed by atoms with van der Waals surface area (Å²) in [5.74, 6) is -1.33. The second kappa shape index (κ2) is 5.95. The van der Waals surface area contributed by atoms with Crippen LogP contribution in [0.4, 0.5) is 0 Å². The molecule has 7 heteroatoms. The molecule has 0 aromatic rings. The molecule has 0 bridgehead atoms. The summed E-state index contributed by atoms with van der Waals surface area (Å²) in [5, 5.41) is 8.88. The van der Waals surface area contributed by atoms with E-state index in [9.17, 15) is 18.0 Å². The quantitative estimate of drug-likeness (QED) is 0.761. The molecule has 1 fully saturated rings. The molecule has 1 amide bonds. The van der Waals surface area contributed by atoms with Gasteiger partial charge in [-0.3, -0.25) is 9.59 Å². The fourth-order valence-corrected chi connectivity index (χ4v) is 4.32. The molecule has 0 spiro atoms. The Morgan fingerprint density at radius 2 is 2.05 bits per heavy atom. The Kier molecular flexibility index (Phi) is 4.47. The van der Waals surface area contributed by atoms with Crippen molar-refractivity contribution in [2.45, 2.75) is 31.7 Å². The van der Waals surface area contributed by atoms with E-state index in [4.69, 9.17) is 5.11 Å². The van der Waals surface area contributed by atoms with Gasteiger partial charge in [0.2, 0.25) is 5.91 Å². The van der Waals surface area contributed by atoms with Crippen LogP contribution in [0.3, 0.4) is 0 Å². The zero-order valence-electron chi connectivity index (χ0n) is 11.2. The fraction of sp³-hybridized carbons (Fsp3) is 0.692. The molecule has 1 heterocycles. The maximum atomic E-state index is 12.3. The average Bonchev–Trinajstić information content (AvgIpc) is 2.79. The van der Waals surface area contributed by atoms with Gasteiger partial charge in [-0.05, 0) is 18.8 Å². The molecular weight excluding hydrogens is 282 g/mol. The van der Waals surface area contributed by atoms with Gasteiger partial charge in [0.1, 0.15) is 0 Å². The largest absolute Gasteiger partial charge is 0.481 e. The zero-order valence-corrected chi connectivity index (χ0v) is 12.0. The third-order valence-corrected chi connectivity index (χ3v) is 5.51. The maximum absolute atomic E-state index is 12.3. The second-order valence-electron chi connectivity index (χ2n) is 5.42. The molecule has 0 aromatic heterocycles. The SMILES string of the molecule is O=C(O)CC1CS(=O)(=O)CCN1C(=O)CC1C=CCC1. The number of rotatable bonds is 4. The van der Waals surface area contributed by atoms with Crippen LogP contribution in [-0.4, -0.2) is 54.4 Å². The van der Waals surface area contributed by atoms with E-state index in [2.05, 4.69) is 0 Å². The number of allylic oxidation sites excluding steroid dienone is 2. The van der Waals surface area contributed by atoms with Crippen molar-refractivity contribution in [1.82, 2.24) is 4.90 Å². The first-order chi connectivity index (χ1) is 9.37. The van der Waals surface area contributed by atoms with E-state index >= 15 is 0 Å². The number of carbonyl (C=O) groups is 2. The van der Waals surface area contributed by atoms with Gasteiger partial charge in [-0.2, -0.15) is 0 Å². The van der Waals surface area contributed by atoms with Crippen LogP contribution in [0.5, 0.6) is 0 Å². The number of sulfone groups is 1. The molecular formula is C13H19NO5S. The van der Waals surface area contributed by atoms with Gasteiger partial charge in [-0.1, -0.05) is 12.2 Å². The minimum absolute atomic E-state index is 0.0740. The summed E-state index contributed by atoms with van der Waals surface area (Å²) in [7, 11) is -3.24. The number of carboxylic acids is 1. The van der Waals surface area contributed by atoms with E-state index in [0.717, 1.165) is 12.8 Å². The molecule has 112 valence electrons. The minimum atomic E-state index is -3.24. The van der Waals surface area contributed by atoms with E-state index in [1.165, 1.54) is 4.90 Å². The maximum Gasteiger partial charge on any atom is 0.305 e. The summed E-state index contributed by atoms with van der Waals surface area (Å²) in [4.78, 5) is 24.6. The van der Waals surface area contributed by atoms with Gasteiger partial charge in [0.05, 0.1) is 24.0 Å². The Hall–Kier alpha value is -1.37. The van der Waals surface area contributed by atoms with E-state index < -0.39 is 21.8 Å². The van der Waals surface area contributed by atoms with Crippen LogP contribution in [0.25, 0.3) is 0 Å². The van der Waals surface area contributed by atoms with Crippen molar-refractivity contribution in [2.24, 2.45) is 5.92 Å². The predicted octanol–water partition coefficient (Wildman–Crippen LogP) is 0.443. The van der Waals surface area contributed by atoms with Crippen molar-refractivity contribution < 1.29 is 23.1 Å². The van der Waals surface area contributed by atoms with Crippen LogP contribution in [-0.2, 0) is 19.4 Å². The lowest BCUT2D eigenvalue weighted by Crippen LogP contribution is -2.52. The Morgan fingerprint density at radius 3 is 2.65 bits per heavy atom. The van der Waals surface area contributed by atoms with Crippen LogP contribution in [0.2, 0.25) is 0 Å². The molecule has 1 aliphatic carbocycles. The number of amides is 1. The molecule has 2 rings (SSSR count). The molecule has 2 unspecified atom stereocenters. The third kappa shape index (κ3) is 3.82. The topological polar surface area (TPSA) is 91.8 Å². The van der Waals surface area contributed by atoms with Gasteiger partial charge < -0.3 is 10.0 Å². The van der Waals surface area contributed by atoms with Crippen molar-refractivity contribution in [2.75, 3.05) is 18.1 Å². The van der Waals surface area contributed by atoms with Gasteiger partial charge in [0.25, 0.3) is 0 Å². The minimum Gasteiger partial charge on any atom is -0.481 e. The summed E-state index contributed by atoms with van der Waals surface area (Å²) in [6.07, 6.45) is 5.96. The molecule has 1 saturated heterocycles. The number of hydrogen-bond donors (Lipinski definition) is 1. The lowest BCUT2D eigenvalue weighted by molar-refractivity contribution is -0.140. The molecule has 1 N–H and O–H groups in total. The Bertz CT molecular complexity index is 525. The highest BCUT2D eigenvalue weighted by Crippen LogP contribution is 2.23. The normalized spacial score (nSPS) is 28.5. The average molecular weight is 301 g/mol. The lowest BCUT2D eigenvalue weighted by atomic mass is 10.0. The zero-order chi connectivity index (χ0) is 14.8. The highest BCUT2D eigenvalue weighted by atomic mass is 32.2. The summed E-state index contributed by atoms with van der Waals surface area (Å²) >= 11 is 0. The second-order valence-corrected chi connectivity index (χ2v) is 7.65. The van der Waals surface area contributed by atoms with Crippen LogP contribution in [0, 0.1) is 5.92 Å². The third-order valence-electron chi connectivity index (χ3n) is 3.81. The highest BCUT2D eigenvalue weighted by Gasteiger charge is 2.35. The number of hydrogen-bond acceptors (Lipinski definition) is 4. The van der Waals surface area contributed by atoms with E-state index in [-0.39, 0.29) is 36.3 Å². The van der Waals surface area contributed by atoms with E-state index in [1.807, 2.05) is 12.2 Å². The molecule has 20 heavy (non-hydrogen) atoms. The first-order valence-corrected chi connectivity index (χ1v) is 8.58. The smallest absolute Gasteiger partial charge is 0.305 e. The molecule has 0 aromatic carbocycles. The monoisotopic (exact) mass is 301 g/mol. The van der Waals surface area contributed by atoms with Gasteiger partial charge >= 0.3 is 5.97 Å². The Morgan fingerprint density at radius 1 is 1.30 bits per heavy atom. The molecule has 0 radical (unpaired) electrons. The molecule has 1 aliphatic heterocycles. The van der Waals surface area contributed by atoms with Gasteiger partial charge in [0, 0.05) is 13.0 Å². The van der Waals surface area contributed by atoms with Crippen molar-refractivity contribution >= 4 is 21.7 Å². The standard InChI is InChI=1S/C13H19NO5S/c15-12(7-10-3-1-2-4-10)14-5-6-20(18,19)9-11(14)8-13(16)17/h1,3,10-11H,2,4-9H2,(H,16,17). The first-order valence-electron chi connectivity index (χ1n) is 6.76. The first kappa shape index (κ1) is 15.0. The fourth-order valence-electron chi connectivity index (χ4n) is 2.79. The predicted molar refractivity (Wildman–Crippen MR) is 72.9 cm³/mol. The molecule has 2 aliphatic rings. The Balaban J connectivity index is 2.04. The number of aliphatic carboxylic acids is 1. The van der Waals surface area contributed by atoms with Crippen molar-refractivity contribution in [3.63, 3.8) is 0 Å². The van der Waals surface area contributed by atoms with E-state index in [1.54, 1.807) is 0 Å². The van der Waals surface area contributed by atoms with Crippen LogP contribution in [0.1, 0.15) is 25.7 Å². The van der Waals surface area contributed by atoms with Gasteiger partial charge in [-0.25, -0.2) is 8.42 Å².